The first-order valence-corrected chi connectivity index (χ1v) is 8.26. The number of nitrogens with zero attached hydrogens (tertiary/aromatic N) is 1. The minimum absolute atomic E-state index is 0.0508. The number of carbonyl (C=O) groups excluding carboxylic acids is 2. The molecule has 8 heteroatoms. The summed E-state index contributed by atoms with van der Waals surface area (Å²) in [5, 5.41) is 11.7. The van der Waals surface area contributed by atoms with Gasteiger partial charge in [0.15, 0.2) is 0 Å². The maximum Gasteiger partial charge on any atom is 0.416 e. The maximum absolute atomic E-state index is 12.6. The van der Waals surface area contributed by atoms with Crippen LogP contribution in [0.25, 0.3) is 0 Å². The predicted octanol–water partition coefficient (Wildman–Crippen LogP) is 3.02. The molecule has 0 saturated heterocycles. The van der Waals surface area contributed by atoms with E-state index in [1.807, 2.05) is 6.07 Å². The summed E-state index contributed by atoms with van der Waals surface area (Å²) in [6.45, 7) is 0. The first kappa shape index (κ1) is 21.0. The van der Waals surface area contributed by atoms with E-state index in [0.717, 1.165) is 12.1 Å². The van der Waals surface area contributed by atoms with Gasteiger partial charge in [0.1, 0.15) is 6.04 Å². The molecule has 1 N–H and O–H groups in total. The Hall–Kier alpha value is -3.34. The van der Waals surface area contributed by atoms with E-state index in [1.165, 1.54) is 19.2 Å². The molecule has 0 radical (unpaired) electrons. The number of nitriles is 1. The van der Waals surface area contributed by atoms with Crippen molar-refractivity contribution in [2.45, 2.75) is 25.1 Å². The summed E-state index contributed by atoms with van der Waals surface area (Å²) >= 11 is 0. The van der Waals surface area contributed by atoms with Gasteiger partial charge in [0, 0.05) is 6.42 Å². The van der Waals surface area contributed by atoms with Crippen LogP contribution in [-0.4, -0.2) is 25.0 Å². The van der Waals surface area contributed by atoms with Crippen molar-refractivity contribution in [2.75, 3.05) is 7.11 Å². The van der Waals surface area contributed by atoms with Gasteiger partial charge in [-0.2, -0.15) is 18.4 Å². The van der Waals surface area contributed by atoms with Crippen LogP contribution in [-0.2, 0) is 33.3 Å². The van der Waals surface area contributed by atoms with Crippen molar-refractivity contribution in [3.8, 4) is 6.07 Å². The lowest BCUT2D eigenvalue weighted by Gasteiger charge is -2.17. The van der Waals surface area contributed by atoms with E-state index in [9.17, 15) is 22.8 Å². The molecule has 0 aliphatic heterocycles. The van der Waals surface area contributed by atoms with Crippen molar-refractivity contribution in [1.29, 1.82) is 5.26 Å². The second kappa shape index (κ2) is 9.04. The summed E-state index contributed by atoms with van der Waals surface area (Å²) in [4.78, 5) is 24.3. The third-order valence-corrected chi connectivity index (χ3v) is 4.03. The molecule has 0 aliphatic carbocycles. The van der Waals surface area contributed by atoms with Crippen molar-refractivity contribution < 1.29 is 27.5 Å². The van der Waals surface area contributed by atoms with Crippen LogP contribution in [0.4, 0.5) is 13.2 Å². The number of esters is 1. The van der Waals surface area contributed by atoms with Gasteiger partial charge >= 0.3 is 12.1 Å². The number of hydrogen-bond donors (Lipinski definition) is 1. The monoisotopic (exact) mass is 390 g/mol. The average Bonchev–Trinajstić information content (AvgIpc) is 2.67. The highest BCUT2D eigenvalue weighted by Crippen LogP contribution is 2.29. The molecule has 5 nitrogen and oxygen atoms in total. The number of halogens is 3. The molecule has 2 aromatic carbocycles. The molecule has 28 heavy (non-hydrogen) atoms. The number of hydrogen-bond acceptors (Lipinski definition) is 4. The second-order valence-corrected chi connectivity index (χ2v) is 5.99. The zero-order valence-corrected chi connectivity index (χ0v) is 14.9. The normalized spacial score (nSPS) is 12.0. The molecule has 0 aliphatic rings. The van der Waals surface area contributed by atoms with Crippen LogP contribution < -0.4 is 5.32 Å². The fourth-order valence-electron chi connectivity index (χ4n) is 2.61. The number of benzene rings is 2. The van der Waals surface area contributed by atoms with Crippen molar-refractivity contribution in [3.05, 3.63) is 70.8 Å². The van der Waals surface area contributed by atoms with Crippen molar-refractivity contribution in [3.63, 3.8) is 0 Å². The minimum Gasteiger partial charge on any atom is -0.467 e. The van der Waals surface area contributed by atoms with E-state index in [2.05, 4.69) is 5.32 Å². The molecule has 1 atom stereocenters. The summed E-state index contributed by atoms with van der Waals surface area (Å²) in [5.41, 5.74) is 0.493. The van der Waals surface area contributed by atoms with Crippen LogP contribution in [0, 0.1) is 11.3 Å². The summed E-state index contributed by atoms with van der Waals surface area (Å²) in [5.74, 6) is -1.24. The van der Waals surface area contributed by atoms with E-state index in [-0.39, 0.29) is 12.8 Å². The molecule has 0 saturated carbocycles. The summed E-state index contributed by atoms with van der Waals surface area (Å²) in [6, 6.07) is 11.8. The first-order chi connectivity index (χ1) is 13.2. The van der Waals surface area contributed by atoms with E-state index < -0.39 is 29.7 Å². The van der Waals surface area contributed by atoms with Gasteiger partial charge < -0.3 is 10.1 Å². The highest BCUT2D eigenvalue weighted by molar-refractivity contribution is 5.85. The zero-order valence-electron chi connectivity index (χ0n) is 14.9. The topological polar surface area (TPSA) is 79.2 Å². The Balaban J connectivity index is 2.09. The highest BCUT2D eigenvalue weighted by Gasteiger charge is 2.30. The van der Waals surface area contributed by atoms with E-state index in [0.29, 0.717) is 16.7 Å². The molecule has 0 fully saturated rings. The van der Waals surface area contributed by atoms with Gasteiger partial charge in [-0.15, -0.1) is 0 Å². The molecule has 1 amide bonds. The minimum atomic E-state index is -4.45. The lowest BCUT2D eigenvalue weighted by atomic mass is 10.0. The van der Waals surface area contributed by atoms with Crippen molar-refractivity contribution in [1.82, 2.24) is 5.32 Å². The van der Waals surface area contributed by atoms with Crippen LogP contribution in [0.1, 0.15) is 22.3 Å². The fourth-order valence-corrected chi connectivity index (χ4v) is 2.61. The van der Waals surface area contributed by atoms with Crippen molar-refractivity contribution in [2.24, 2.45) is 0 Å². The molecule has 0 heterocycles. The maximum atomic E-state index is 12.6. The molecule has 0 bridgehead atoms. The van der Waals surface area contributed by atoms with Gasteiger partial charge in [0.05, 0.1) is 30.7 Å². The van der Waals surface area contributed by atoms with Crippen LogP contribution in [0.15, 0.2) is 48.5 Å². The summed E-state index contributed by atoms with van der Waals surface area (Å²) in [6.07, 6.45) is -4.61. The van der Waals surface area contributed by atoms with Gasteiger partial charge in [-0.1, -0.05) is 30.3 Å². The van der Waals surface area contributed by atoms with E-state index in [1.54, 1.807) is 24.3 Å². The lowest BCUT2D eigenvalue weighted by Crippen LogP contribution is -2.43. The molecule has 0 unspecified atom stereocenters. The Morgan fingerprint density at radius 2 is 1.79 bits per heavy atom. The predicted molar refractivity (Wildman–Crippen MR) is 94.0 cm³/mol. The summed E-state index contributed by atoms with van der Waals surface area (Å²) in [7, 11) is 1.17. The summed E-state index contributed by atoms with van der Waals surface area (Å²) < 4.78 is 42.5. The number of nitrogens with one attached hydrogen (secondary N) is 1. The highest BCUT2D eigenvalue weighted by atomic mass is 19.4. The Kier molecular flexibility index (Phi) is 6.77. The van der Waals surface area contributed by atoms with Gasteiger partial charge in [0.25, 0.3) is 0 Å². The third-order valence-electron chi connectivity index (χ3n) is 4.03. The molecule has 2 aromatic rings. The Morgan fingerprint density at radius 1 is 1.14 bits per heavy atom. The molecular formula is C20H17F3N2O3. The van der Waals surface area contributed by atoms with Gasteiger partial charge in [0.2, 0.25) is 5.91 Å². The van der Waals surface area contributed by atoms with Crippen LogP contribution in [0.5, 0.6) is 0 Å². The Labute approximate surface area is 159 Å². The average molecular weight is 390 g/mol. The number of alkyl halides is 3. The number of amides is 1. The smallest absolute Gasteiger partial charge is 0.416 e. The Morgan fingerprint density at radius 3 is 2.36 bits per heavy atom. The van der Waals surface area contributed by atoms with Crippen LogP contribution >= 0.6 is 0 Å². The lowest BCUT2D eigenvalue weighted by molar-refractivity contribution is -0.145. The van der Waals surface area contributed by atoms with E-state index >= 15 is 0 Å². The molecule has 2 rings (SSSR count). The van der Waals surface area contributed by atoms with Crippen molar-refractivity contribution >= 4 is 11.9 Å². The largest absolute Gasteiger partial charge is 0.467 e. The SMILES string of the molecule is COC(=O)[C@H](Cc1ccccc1C#N)NC(=O)Cc1ccc(C(F)(F)F)cc1. The molecule has 0 aromatic heterocycles. The van der Waals surface area contributed by atoms with Crippen LogP contribution in [0.3, 0.4) is 0 Å². The third kappa shape index (κ3) is 5.58. The number of rotatable bonds is 6. The standard InChI is InChI=1S/C20H17F3N2O3/c1-28-19(27)17(11-14-4-2-3-5-15(14)12-24)25-18(26)10-13-6-8-16(9-7-13)20(21,22)23/h2-9,17H,10-11H2,1H3,(H,25,26)/t17-/m0/s1. The number of carbonyl (C=O) groups is 2. The number of ether oxygens (including phenoxy) is 1. The number of methoxy groups -OCH3 is 1. The van der Waals surface area contributed by atoms with Gasteiger partial charge in [-0.3, -0.25) is 4.79 Å². The fraction of sp³-hybridized carbons (Fsp3) is 0.250. The van der Waals surface area contributed by atoms with Crippen LogP contribution in [0.2, 0.25) is 0 Å². The van der Waals surface area contributed by atoms with Gasteiger partial charge in [-0.05, 0) is 29.3 Å². The molecule has 0 spiro atoms. The second-order valence-electron chi connectivity index (χ2n) is 5.99. The molecule has 146 valence electrons. The first-order valence-electron chi connectivity index (χ1n) is 8.26. The zero-order chi connectivity index (χ0) is 20.7. The Bertz CT molecular complexity index is 887. The van der Waals surface area contributed by atoms with Gasteiger partial charge in [-0.25, -0.2) is 4.79 Å². The van der Waals surface area contributed by atoms with E-state index in [4.69, 9.17) is 10.00 Å². The molecular weight excluding hydrogens is 373 g/mol. The quantitative estimate of drug-likeness (QED) is 0.769.